The fraction of sp³-hybridized carbons (Fsp3) is 0.733. The Morgan fingerprint density at radius 3 is 2.74 bits per heavy atom. The van der Waals surface area contributed by atoms with Crippen LogP contribution in [0.4, 0.5) is 5.82 Å². The van der Waals surface area contributed by atoms with E-state index < -0.39 is 0 Å². The van der Waals surface area contributed by atoms with Crippen LogP contribution in [0.3, 0.4) is 0 Å². The first-order valence-corrected chi connectivity index (χ1v) is 7.32. The predicted molar refractivity (Wildman–Crippen MR) is 77.5 cm³/mol. The van der Waals surface area contributed by atoms with Crippen molar-refractivity contribution in [3.8, 4) is 5.88 Å². The molecule has 0 saturated heterocycles. The number of nitrogens with one attached hydrogen (secondary N) is 1. The lowest BCUT2D eigenvalue weighted by Crippen LogP contribution is -2.28. The summed E-state index contributed by atoms with van der Waals surface area (Å²) in [5.74, 6) is 1.45. The Hall–Kier alpha value is -1.32. The third-order valence-electron chi connectivity index (χ3n) is 3.74. The van der Waals surface area contributed by atoms with Crippen LogP contribution in [0, 0.1) is 5.41 Å². The number of ether oxygens (including phenoxy) is 1. The second-order valence-corrected chi connectivity index (χ2v) is 6.15. The molecule has 0 atom stereocenters. The molecular formula is C15H25N3O. The van der Waals surface area contributed by atoms with Gasteiger partial charge in [0.1, 0.15) is 11.9 Å². The van der Waals surface area contributed by atoms with Gasteiger partial charge >= 0.3 is 0 Å². The van der Waals surface area contributed by atoms with E-state index >= 15 is 0 Å². The van der Waals surface area contributed by atoms with Crippen LogP contribution in [0.1, 0.15) is 52.9 Å². The Kier molecular flexibility index (Phi) is 4.61. The van der Waals surface area contributed by atoms with Crippen LogP contribution in [-0.4, -0.2) is 22.6 Å². The fourth-order valence-electron chi connectivity index (χ4n) is 2.40. The number of nitrogens with zero attached hydrogens (tertiary/aromatic N) is 2. The van der Waals surface area contributed by atoms with Gasteiger partial charge < -0.3 is 10.1 Å². The Morgan fingerprint density at radius 1 is 1.32 bits per heavy atom. The first-order valence-electron chi connectivity index (χ1n) is 7.32. The molecule has 1 fully saturated rings. The summed E-state index contributed by atoms with van der Waals surface area (Å²) in [5, 5.41) is 3.23. The third kappa shape index (κ3) is 4.37. The molecule has 2 rings (SSSR count). The molecule has 106 valence electrons. The average Bonchev–Trinajstić information content (AvgIpc) is 2.39. The van der Waals surface area contributed by atoms with Crippen molar-refractivity contribution >= 4 is 5.82 Å². The Balaban J connectivity index is 1.89. The minimum atomic E-state index is 0.295. The number of anilines is 1. The minimum Gasteiger partial charge on any atom is -0.473 e. The largest absolute Gasteiger partial charge is 0.473 e. The summed E-state index contributed by atoms with van der Waals surface area (Å²) in [6.45, 7) is 7.71. The van der Waals surface area contributed by atoms with E-state index in [1.165, 1.54) is 12.8 Å². The normalized spacial score (nSPS) is 19.1. The molecule has 0 bridgehead atoms. The summed E-state index contributed by atoms with van der Waals surface area (Å²) in [5.41, 5.74) is 0.468. The van der Waals surface area contributed by atoms with E-state index in [2.05, 4.69) is 36.1 Å². The van der Waals surface area contributed by atoms with Crippen LogP contribution in [0.2, 0.25) is 0 Å². The van der Waals surface area contributed by atoms with Gasteiger partial charge in [0, 0.05) is 6.54 Å². The second kappa shape index (κ2) is 6.22. The first kappa shape index (κ1) is 14.1. The van der Waals surface area contributed by atoms with E-state index in [1.54, 1.807) is 12.4 Å². The molecule has 19 heavy (non-hydrogen) atoms. The molecule has 0 aliphatic heterocycles. The van der Waals surface area contributed by atoms with E-state index in [1.807, 2.05) is 0 Å². The molecule has 0 unspecified atom stereocenters. The molecule has 1 aromatic rings. The SMILES string of the molecule is CCCNc1cncc(OC2CCC(C)(C)CC2)n1. The molecule has 0 radical (unpaired) electrons. The van der Waals surface area contributed by atoms with Gasteiger partial charge in [-0.25, -0.2) is 0 Å². The minimum absolute atomic E-state index is 0.295. The molecule has 0 amide bonds. The van der Waals surface area contributed by atoms with Gasteiger partial charge in [0.25, 0.3) is 0 Å². The Bertz CT molecular complexity index is 396. The molecule has 1 aromatic heterocycles. The van der Waals surface area contributed by atoms with Crippen molar-refractivity contribution in [2.75, 3.05) is 11.9 Å². The van der Waals surface area contributed by atoms with E-state index in [0.29, 0.717) is 17.4 Å². The molecule has 0 spiro atoms. The summed E-state index contributed by atoms with van der Waals surface area (Å²) < 4.78 is 5.96. The molecule has 1 aliphatic carbocycles. The lowest BCUT2D eigenvalue weighted by molar-refractivity contribution is 0.0947. The van der Waals surface area contributed by atoms with Crippen molar-refractivity contribution in [2.45, 2.75) is 59.0 Å². The van der Waals surface area contributed by atoms with Crippen molar-refractivity contribution in [2.24, 2.45) is 5.41 Å². The molecule has 0 aromatic carbocycles. The highest BCUT2D eigenvalue weighted by Gasteiger charge is 2.28. The second-order valence-electron chi connectivity index (χ2n) is 6.15. The van der Waals surface area contributed by atoms with E-state index in [-0.39, 0.29) is 0 Å². The van der Waals surface area contributed by atoms with Crippen molar-refractivity contribution in [3.05, 3.63) is 12.4 Å². The maximum Gasteiger partial charge on any atom is 0.234 e. The average molecular weight is 263 g/mol. The fourth-order valence-corrected chi connectivity index (χ4v) is 2.40. The zero-order valence-corrected chi connectivity index (χ0v) is 12.3. The summed E-state index contributed by atoms with van der Waals surface area (Å²) in [7, 11) is 0. The van der Waals surface area contributed by atoms with Gasteiger partial charge in [-0.2, -0.15) is 4.98 Å². The summed E-state index contributed by atoms with van der Waals surface area (Å²) in [6, 6.07) is 0. The van der Waals surface area contributed by atoms with Crippen LogP contribution in [0.15, 0.2) is 12.4 Å². The van der Waals surface area contributed by atoms with Crippen LogP contribution >= 0.6 is 0 Å². The van der Waals surface area contributed by atoms with Gasteiger partial charge in [-0.05, 0) is 37.5 Å². The van der Waals surface area contributed by atoms with Gasteiger partial charge in [0.05, 0.1) is 12.4 Å². The van der Waals surface area contributed by atoms with Gasteiger partial charge in [-0.15, -0.1) is 0 Å². The predicted octanol–water partition coefficient (Wildman–Crippen LogP) is 3.65. The molecule has 4 nitrogen and oxygen atoms in total. The topological polar surface area (TPSA) is 47.0 Å². The van der Waals surface area contributed by atoms with E-state index in [4.69, 9.17) is 4.74 Å². The monoisotopic (exact) mass is 263 g/mol. The number of rotatable bonds is 5. The molecule has 1 N–H and O–H groups in total. The van der Waals surface area contributed by atoms with E-state index in [0.717, 1.165) is 31.6 Å². The van der Waals surface area contributed by atoms with Crippen LogP contribution in [0.25, 0.3) is 0 Å². The van der Waals surface area contributed by atoms with Crippen molar-refractivity contribution < 1.29 is 4.74 Å². The standard InChI is InChI=1S/C15H25N3O/c1-4-9-17-13-10-16-11-14(18-13)19-12-5-7-15(2,3)8-6-12/h10-12H,4-9H2,1-3H3,(H,17,18). The molecule has 1 saturated carbocycles. The van der Waals surface area contributed by atoms with E-state index in [9.17, 15) is 0 Å². The quantitative estimate of drug-likeness (QED) is 0.881. The van der Waals surface area contributed by atoms with Crippen LogP contribution in [-0.2, 0) is 0 Å². The highest BCUT2D eigenvalue weighted by Crippen LogP contribution is 2.36. The maximum atomic E-state index is 5.96. The number of aromatic nitrogens is 2. The molecule has 4 heteroatoms. The Morgan fingerprint density at radius 2 is 2.05 bits per heavy atom. The first-order chi connectivity index (χ1) is 9.09. The zero-order chi connectivity index (χ0) is 13.7. The number of hydrogen-bond donors (Lipinski definition) is 1. The third-order valence-corrected chi connectivity index (χ3v) is 3.74. The molecule has 1 aliphatic rings. The number of hydrogen-bond acceptors (Lipinski definition) is 4. The smallest absolute Gasteiger partial charge is 0.234 e. The summed E-state index contributed by atoms with van der Waals surface area (Å²) in [6.07, 6.45) is 9.48. The summed E-state index contributed by atoms with van der Waals surface area (Å²) >= 11 is 0. The maximum absolute atomic E-state index is 5.96. The molecule has 1 heterocycles. The molecular weight excluding hydrogens is 238 g/mol. The highest BCUT2D eigenvalue weighted by atomic mass is 16.5. The van der Waals surface area contributed by atoms with Gasteiger partial charge in [0.2, 0.25) is 5.88 Å². The Labute approximate surface area is 116 Å². The zero-order valence-electron chi connectivity index (χ0n) is 12.3. The van der Waals surface area contributed by atoms with Gasteiger partial charge in [-0.1, -0.05) is 20.8 Å². The summed E-state index contributed by atoms with van der Waals surface area (Å²) in [4.78, 5) is 8.63. The lowest BCUT2D eigenvalue weighted by atomic mass is 9.76. The lowest BCUT2D eigenvalue weighted by Gasteiger charge is -2.34. The van der Waals surface area contributed by atoms with Crippen molar-refractivity contribution in [1.29, 1.82) is 0 Å². The van der Waals surface area contributed by atoms with Crippen LogP contribution < -0.4 is 10.1 Å². The van der Waals surface area contributed by atoms with Crippen molar-refractivity contribution in [3.63, 3.8) is 0 Å². The highest BCUT2D eigenvalue weighted by molar-refractivity contribution is 5.33. The van der Waals surface area contributed by atoms with Gasteiger partial charge in [0.15, 0.2) is 0 Å². The van der Waals surface area contributed by atoms with Crippen molar-refractivity contribution in [1.82, 2.24) is 9.97 Å². The van der Waals surface area contributed by atoms with Gasteiger partial charge in [-0.3, -0.25) is 4.98 Å². The van der Waals surface area contributed by atoms with Crippen LogP contribution in [0.5, 0.6) is 5.88 Å².